The first-order valence-electron chi connectivity index (χ1n) is 7.74. The monoisotopic (exact) mass is 257 g/mol. The predicted molar refractivity (Wildman–Crippen MR) is 81.4 cm³/mol. The molecule has 0 bridgehead atoms. The zero-order valence-electron chi connectivity index (χ0n) is 13.0. The van der Waals surface area contributed by atoms with Crippen molar-refractivity contribution in [2.75, 3.05) is 6.54 Å². The third-order valence-corrected chi connectivity index (χ3v) is 5.11. The quantitative estimate of drug-likeness (QED) is 0.752. The highest BCUT2D eigenvalue weighted by molar-refractivity contribution is 5.43. The molecule has 0 N–H and O–H groups in total. The van der Waals surface area contributed by atoms with E-state index in [9.17, 15) is 0 Å². The zero-order valence-corrected chi connectivity index (χ0v) is 13.0. The van der Waals surface area contributed by atoms with Gasteiger partial charge in [-0.2, -0.15) is 0 Å². The van der Waals surface area contributed by atoms with Crippen LogP contribution >= 0.6 is 0 Å². The van der Waals surface area contributed by atoms with E-state index < -0.39 is 0 Å². The van der Waals surface area contributed by atoms with Crippen molar-refractivity contribution in [1.29, 1.82) is 0 Å². The summed E-state index contributed by atoms with van der Waals surface area (Å²) >= 11 is 0. The van der Waals surface area contributed by atoms with E-state index in [4.69, 9.17) is 0 Å². The van der Waals surface area contributed by atoms with Gasteiger partial charge < -0.3 is 0 Å². The molecule has 2 atom stereocenters. The minimum absolute atomic E-state index is 0.273. The smallest absolute Gasteiger partial charge is 0.0501 e. The average molecular weight is 257 g/mol. The van der Waals surface area contributed by atoms with Crippen LogP contribution < -0.4 is 0 Å². The molecule has 1 aliphatic heterocycles. The number of hydrogen-bond acceptors (Lipinski definition) is 1. The van der Waals surface area contributed by atoms with Crippen LogP contribution in [0.4, 0.5) is 0 Å². The second-order valence-electron chi connectivity index (χ2n) is 7.68. The largest absolute Gasteiger partial charge is 0.288 e. The van der Waals surface area contributed by atoms with E-state index in [0.29, 0.717) is 11.5 Å². The highest BCUT2D eigenvalue weighted by Crippen LogP contribution is 2.65. The second-order valence-corrected chi connectivity index (χ2v) is 7.68. The maximum absolute atomic E-state index is 2.77. The molecule has 1 saturated carbocycles. The maximum atomic E-state index is 2.77. The Morgan fingerprint density at radius 2 is 1.89 bits per heavy atom. The van der Waals surface area contributed by atoms with Crippen LogP contribution in [0.15, 0.2) is 24.3 Å². The first kappa shape index (κ1) is 13.2. The molecule has 1 aromatic carbocycles. The molecule has 1 heteroatoms. The van der Waals surface area contributed by atoms with Crippen LogP contribution in [0.25, 0.3) is 0 Å². The molecular weight excluding hydrogens is 230 g/mol. The van der Waals surface area contributed by atoms with E-state index >= 15 is 0 Å². The van der Waals surface area contributed by atoms with Gasteiger partial charge in [0.15, 0.2) is 0 Å². The van der Waals surface area contributed by atoms with Crippen molar-refractivity contribution in [3.63, 3.8) is 0 Å². The Hall–Kier alpha value is -0.820. The highest BCUT2D eigenvalue weighted by atomic mass is 15.3. The van der Waals surface area contributed by atoms with Crippen LogP contribution in [0.1, 0.15) is 64.5 Å². The SMILES string of the molecule is CC(C)c1ccccc1C12CC1CCN2C(C)(C)C. The summed E-state index contributed by atoms with van der Waals surface area (Å²) in [6.45, 7) is 13.0. The summed E-state index contributed by atoms with van der Waals surface area (Å²) in [5.41, 5.74) is 3.80. The molecule has 0 aromatic heterocycles. The van der Waals surface area contributed by atoms with E-state index in [1.165, 1.54) is 19.4 Å². The van der Waals surface area contributed by atoms with Gasteiger partial charge in [-0.05, 0) is 63.1 Å². The molecular formula is C18H27N. The van der Waals surface area contributed by atoms with Gasteiger partial charge in [0.05, 0.1) is 5.54 Å². The molecule has 2 fully saturated rings. The standard InChI is InChI=1S/C18H27N/c1-13(2)15-8-6-7-9-16(15)18-12-14(18)10-11-19(18)17(3,4)5/h6-9,13-14H,10-12H2,1-5H3. The third-order valence-electron chi connectivity index (χ3n) is 5.11. The lowest BCUT2D eigenvalue weighted by Gasteiger charge is -2.41. The molecule has 0 amide bonds. The van der Waals surface area contributed by atoms with Crippen molar-refractivity contribution in [1.82, 2.24) is 4.90 Å². The molecule has 1 heterocycles. The van der Waals surface area contributed by atoms with Gasteiger partial charge in [0.1, 0.15) is 0 Å². The fourth-order valence-electron chi connectivity index (χ4n) is 4.28. The number of piperidine rings is 1. The molecule has 1 aromatic rings. The third kappa shape index (κ3) is 1.86. The molecule has 104 valence electrons. The first-order chi connectivity index (χ1) is 8.87. The Balaban J connectivity index is 2.07. The number of benzene rings is 1. The second kappa shape index (κ2) is 4.09. The topological polar surface area (TPSA) is 3.24 Å². The number of nitrogens with zero attached hydrogens (tertiary/aromatic N) is 1. The summed E-state index contributed by atoms with van der Waals surface area (Å²) in [7, 11) is 0. The summed E-state index contributed by atoms with van der Waals surface area (Å²) in [6.07, 6.45) is 2.75. The molecule has 2 unspecified atom stereocenters. The lowest BCUT2D eigenvalue weighted by Crippen LogP contribution is -2.46. The van der Waals surface area contributed by atoms with Crippen molar-refractivity contribution in [3.05, 3.63) is 35.4 Å². The van der Waals surface area contributed by atoms with Crippen LogP contribution in [-0.4, -0.2) is 17.0 Å². The lowest BCUT2D eigenvalue weighted by atomic mass is 9.88. The molecule has 2 aliphatic rings. The van der Waals surface area contributed by atoms with Crippen molar-refractivity contribution in [3.8, 4) is 0 Å². The Labute approximate surface area is 118 Å². The molecule has 19 heavy (non-hydrogen) atoms. The molecule has 0 spiro atoms. The summed E-state index contributed by atoms with van der Waals surface area (Å²) < 4.78 is 0. The Bertz CT molecular complexity index is 483. The van der Waals surface area contributed by atoms with E-state index in [1.807, 2.05) is 0 Å². The Morgan fingerprint density at radius 1 is 1.21 bits per heavy atom. The van der Waals surface area contributed by atoms with Crippen molar-refractivity contribution < 1.29 is 0 Å². The van der Waals surface area contributed by atoms with Crippen LogP contribution in [0.3, 0.4) is 0 Å². The predicted octanol–water partition coefficient (Wildman–Crippen LogP) is 4.53. The first-order valence-corrected chi connectivity index (χ1v) is 7.74. The molecule has 1 saturated heterocycles. The summed E-state index contributed by atoms with van der Waals surface area (Å²) in [4.78, 5) is 2.77. The van der Waals surface area contributed by atoms with Crippen molar-refractivity contribution >= 4 is 0 Å². The molecule has 3 rings (SSSR count). The van der Waals surface area contributed by atoms with Crippen LogP contribution in [-0.2, 0) is 5.54 Å². The summed E-state index contributed by atoms with van der Waals surface area (Å²) in [5.74, 6) is 1.51. The molecule has 1 nitrogen and oxygen atoms in total. The van der Waals surface area contributed by atoms with Crippen LogP contribution in [0.2, 0.25) is 0 Å². The number of rotatable bonds is 2. The van der Waals surface area contributed by atoms with E-state index in [1.54, 1.807) is 11.1 Å². The fourth-order valence-corrected chi connectivity index (χ4v) is 4.28. The van der Waals surface area contributed by atoms with Crippen molar-refractivity contribution in [2.45, 2.75) is 64.5 Å². The number of fused-ring (bicyclic) bond motifs is 1. The Kier molecular flexibility index (Phi) is 2.83. The van der Waals surface area contributed by atoms with Gasteiger partial charge in [0.25, 0.3) is 0 Å². The highest BCUT2D eigenvalue weighted by Gasteiger charge is 2.65. The molecule has 0 radical (unpaired) electrons. The van der Waals surface area contributed by atoms with Gasteiger partial charge in [0.2, 0.25) is 0 Å². The van der Waals surface area contributed by atoms with Gasteiger partial charge >= 0.3 is 0 Å². The maximum Gasteiger partial charge on any atom is 0.0501 e. The normalized spacial score (nSPS) is 30.7. The number of likely N-dealkylation sites (tertiary alicyclic amines) is 1. The van der Waals surface area contributed by atoms with Crippen LogP contribution in [0.5, 0.6) is 0 Å². The van der Waals surface area contributed by atoms with Gasteiger partial charge in [-0.3, -0.25) is 4.90 Å². The Morgan fingerprint density at radius 3 is 2.47 bits per heavy atom. The summed E-state index contributed by atoms with van der Waals surface area (Å²) in [6, 6.07) is 9.15. The van der Waals surface area contributed by atoms with E-state index in [0.717, 1.165) is 5.92 Å². The summed E-state index contributed by atoms with van der Waals surface area (Å²) in [5, 5.41) is 0. The minimum Gasteiger partial charge on any atom is -0.288 e. The van der Waals surface area contributed by atoms with E-state index in [-0.39, 0.29) is 5.54 Å². The fraction of sp³-hybridized carbons (Fsp3) is 0.667. The lowest BCUT2D eigenvalue weighted by molar-refractivity contribution is 0.0883. The van der Waals surface area contributed by atoms with Gasteiger partial charge in [0, 0.05) is 5.54 Å². The molecule has 1 aliphatic carbocycles. The van der Waals surface area contributed by atoms with Gasteiger partial charge in [-0.25, -0.2) is 0 Å². The van der Waals surface area contributed by atoms with Crippen LogP contribution in [0, 0.1) is 5.92 Å². The van der Waals surface area contributed by atoms with Gasteiger partial charge in [-0.1, -0.05) is 38.1 Å². The average Bonchev–Trinajstić information content (AvgIpc) is 2.93. The zero-order chi connectivity index (χ0) is 13.8. The van der Waals surface area contributed by atoms with Crippen molar-refractivity contribution in [2.24, 2.45) is 5.92 Å². The minimum atomic E-state index is 0.273. The number of hydrogen-bond donors (Lipinski definition) is 0. The van der Waals surface area contributed by atoms with E-state index in [2.05, 4.69) is 63.8 Å². The van der Waals surface area contributed by atoms with Gasteiger partial charge in [-0.15, -0.1) is 0 Å².